The molecule has 5 nitrogen and oxygen atoms in total. The number of methoxy groups -OCH3 is 1. The Morgan fingerprint density at radius 1 is 1.39 bits per heavy atom. The van der Waals surface area contributed by atoms with Crippen molar-refractivity contribution in [1.82, 2.24) is 9.97 Å². The lowest BCUT2D eigenvalue weighted by molar-refractivity contribution is 0.0556. The van der Waals surface area contributed by atoms with Gasteiger partial charge < -0.3 is 14.8 Å². The Bertz CT molecular complexity index is 330. The zero-order valence-electron chi connectivity index (χ0n) is 11.5. The number of ether oxygens (including phenoxy) is 2. The smallest absolute Gasteiger partial charge is 0.179 e. The van der Waals surface area contributed by atoms with Crippen molar-refractivity contribution in [2.24, 2.45) is 0 Å². The molecule has 5 heteroatoms. The second-order valence-electron chi connectivity index (χ2n) is 4.09. The van der Waals surface area contributed by atoms with E-state index in [1.54, 1.807) is 13.3 Å². The van der Waals surface area contributed by atoms with Crippen molar-refractivity contribution in [2.75, 3.05) is 25.6 Å². The minimum atomic E-state index is 0.105. The Balaban J connectivity index is 2.52. The molecule has 1 heterocycles. The van der Waals surface area contributed by atoms with Gasteiger partial charge in [0, 0.05) is 13.7 Å². The standard InChI is InChI=1S/C13H23N3O2/c1-4-6-7-15-13-12(8-14-10-16-13)18-9-11(5-2)17-3/h8,10-11H,4-7,9H2,1-3H3,(H,14,15,16). The molecule has 1 N–H and O–H groups in total. The molecule has 1 aromatic rings. The molecule has 0 saturated carbocycles. The average molecular weight is 253 g/mol. The monoisotopic (exact) mass is 253 g/mol. The fourth-order valence-electron chi connectivity index (χ4n) is 1.47. The van der Waals surface area contributed by atoms with E-state index < -0.39 is 0 Å². The molecule has 102 valence electrons. The number of hydrogen-bond acceptors (Lipinski definition) is 5. The maximum absolute atomic E-state index is 5.70. The van der Waals surface area contributed by atoms with Crippen molar-refractivity contribution < 1.29 is 9.47 Å². The van der Waals surface area contributed by atoms with E-state index in [1.165, 1.54) is 6.33 Å². The third-order valence-corrected chi connectivity index (χ3v) is 2.71. The molecule has 0 fully saturated rings. The average Bonchev–Trinajstić information content (AvgIpc) is 2.41. The first-order valence-corrected chi connectivity index (χ1v) is 6.51. The number of anilines is 1. The zero-order chi connectivity index (χ0) is 13.2. The van der Waals surface area contributed by atoms with Crippen molar-refractivity contribution in [1.29, 1.82) is 0 Å². The maximum Gasteiger partial charge on any atom is 0.179 e. The van der Waals surface area contributed by atoms with Crippen LogP contribution in [0.15, 0.2) is 12.5 Å². The van der Waals surface area contributed by atoms with E-state index in [0.29, 0.717) is 12.4 Å². The zero-order valence-corrected chi connectivity index (χ0v) is 11.5. The largest absolute Gasteiger partial charge is 0.485 e. The van der Waals surface area contributed by atoms with E-state index >= 15 is 0 Å². The van der Waals surface area contributed by atoms with Crippen LogP contribution in [0.1, 0.15) is 33.1 Å². The second kappa shape index (κ2) is 8.69. The van der Waals surface area contributed by atoms with E-state index in [2.05, 4.69) is 29.1 Å². The lowest BCUT2D eigenvalue weighted by Gasteiger charge is -2.16. The number of nitrogens with one attached hydrogen (secondary N) is 1. The highest BCUT2D eigenvalue weighted by atomic mass is 16.5. The summed E-state index contributed by atoms with van der Waals surface area (Å²) in [5.74, 6) is 1.44. The van der Waals surface area contributed by atoms with E-state index in [9.17, 15) is 0 Å². The van der Waals surface area contributed by atoms with E-state index in [1.807, 2.05) is 0 Å². The number of nitrogens with zero attached hydrogens (tertiary/aromatic N) is 2. The van der Waals surface area contributed by atoms with Gasteiger partial charge in [0.25, 0.3) is 0 Å². The van der Waals surface area contributed by atoms with Gasteiger partial charge in [-0.2, -0.15) is 0 Å². The van der Waals surface area contributed by atoms with Crippen LogP contribution < -0.4 is 10.1 Å². The van der Waals surface area contributed by atoms with Crippen molar-refractivity contribution >= 4 is 5.82 Å². The number of unbranched alkanes of at least 4 members (excludes halogenated alkanes) is 1. The van der Waals surface area contributed by atoms with Gasteiger partial charge in [-0.25, -0.2) is 9.97 Å². The molecule has 1 atom stereocenters. The van der Waals surface area contributed by atoms with Crippen LogP contribution in [0.3, 0.4) is 0 Å². The number of rotatable bonds is 9. The molecule has 1 aromatic heterocycles. The van der Waals surface area contributed by atoms with Gasteiger partial charge in [-0.15, -0.1) is 0 Å². The first-order chi connectivity index (χ1) is 8.81. The molecular weight excluding hydrogens is 230 g/mol. The van der Waals surface area contributed by atoms with Crippen molar-refractivity contribution in [3.8, 4) is 5.75 Å². The highest BCUT2D eigenvalue weighted by molar-refractivity contribution is 5.47. The Morgan fingerprint density at radius 2 is 2.22 bits per heavy atom. The highest BCUT2D eigenvalue weighted by Crippen LogP contribution is 2.20. The Labute approximate surface area is 109 Å². The summed E-state index contributed by atoms with van der Waals surface area (Å²) in [6.45, 7) is 5.64. The fraction of sp³-hybridized carbons (Fsp3) is 0.692. The van der Waals surface area contributed by atoms with Gasteiger partial charge in [-0.1, -0.05) is 20.3 Å². The normalized spacial score (nSPS) is 12.2. The van der Waals surface area contributed by atoms with Gasteiger partial charge in [-0.3, -0.25) is 0 Å². The first kappa shape index (κ1) is 14.7. The third-order valence-electron chi connectivity index (χ3n) is 2.71. The van der Waals surface area contributed by atoms with E-state index in [4.69, 9.17) is 9.47 Å². The molecule has 0 amide bonds. The fourth-order valence-corrected chi connectivity index (χ4v) is 1.47. The van der Waals surface area contributed by atoms with Gasteiger partial charge in [0.15, 0.2) is 11.6 Å². The summed E-state index contributed by atoms with van der Waals surface area (Å²) in [6.07, 6.45) is 6.49. The molecular formula is C13H23N3O2. The molecule has 0 aromatic carbocycles. The van der Waals surface area contributed by atoms with Crippen molar-refractivity contribution in [3.05, 3.63) is 12.5 Å². The lowest BCUT2D eigenvalue weighted by atomic mass is 10.3. The van der Waals surface area contributed by atoms with Crippen LogP contribution in [-0.4, -0.2) is 36.3 Å². The molecule has 0 bridgehead atoms. The molecule has 0 saturated heterocycles. The molecule has 0 aliphatic carbocycles. The van der Waals surface area contributed by atoms with Crippen LogP contribution in [0.5, 0.6) is 5.75 Å². The van der Waals surface area contributed by atoms with Gasteiger partial charge >= 0.3 is 0 Å². The number of aromatic nitrogens is 2. The van der Waals surface area contributed by atoms with Gasteiger partial charge in [0.2, 0.25) is 0 Å². The SMILES string of the molecule is CCCCNc1ncncc1OCC(CC)OC. The Kier molecular flexibility index (Phi) is 7.10. The summed E-state index contributed by atoms with van der Waals surface area (Å²) in [5.41, 5.74) is 0. The van der Waals surface area contributed by atoms with E-state index in [-0.39, 0.29) is 6.10 Å². The third kappa shape index (κ3) is 4.87. The van der Waals surface area contributed by atoms with Gasteiger partial charge in [0.1, 0.15) is 12.9 Å². The van der Waals surface area contributed by atoms with Crippen LogP contribution >= 0.6 is 0 Å². The predicted molar refractivity (Wildman–Crippen MR) is 72.0 cm³/mol. The van der Waals surface area contributed by atoms with Crippen molar-refractivity contribution in [3.63, 3.8) is 0 Å². The van der Waals surface area contributed by atoms with E-state index in [0.717, 1.165) is 31.6 Å². The van der Waals surface area contributed by atoms with Gasteiger partial charge in [0.05, 0.1) is 12.3 Å². The van der Waals surface area contributed by atoms with Crippen LogP contribution in [0.2, 0.25) is 0 Å². The molecule has 0 spiro atoms. The highest BCUT2D eigenvalue weighted by Gasteiger charge is 2.09. The summed E-state index contributed by atoms with van der Waals surface area (Å²) in [4.78, 5) is 8.18. The summed E-state index contributed by atoms with van der Waals surface area (Å²) < 4.78 is 11.0. The Morgan fingerprint density at radius 3 is 2.89 bits per heavy atom. The first-order valence-electron chi connectivity index (χ1n) is 6.51. The molecule has 0 radical (unpaired) electrons. The topological polar surface area (TPSA) is 56.3 Å². The Hall–Kier alpha value is -1.36. The van der Waals surface area contributed by atoms with Crippen LogP contribution in [0.25, 0.3) is 0 Å². The van der Waals surface area contributed by atoms with Crippen molar-refractivity contribution in [2.45, 2.75) is 39.2 Å². The van der Waals surface area contributed by atoms with Gasteiger partial charge in [-0.05, 0) is 12.8 Å². The minimum absolute atomic E-state index is 0.105. The minimum Gasteiger partial charge on any atom is -0.485 e. The molecule has 0 aliphatic rings. The number of hydrogen-bond donors (Lipinski definition) is 1. The second-order valence-corrected chi connectivity index (χ2v) is 4.09. The summed E-state index contributed by atoms with van der Waals surface area (Å²) in [5, 5.41) is 3.26. The summed E-state index contributed by atoms with van der Waals surface area (Å²) >= 11 is 0. The molecule has 0 aliphatic heterocycles. The lowest BCUT2D eigenvalue weighted by Crippen LogP contribution is -2.19. The summed E-state index contributed by atoms with van der Waals surface area (Å²) in [6, 6.07) is 0. The van der Waals surface area contributed by atoms with Crippen LogP contribution in [-0.2, 0) is 4.74 Å². The molecule has 1 unspecified atom stereocenters. The maximum atomic E-state index is 5.70. The van der Waals surface area contributed by atoms with Crippen LogP contribution in [0, 0.1) is 0 Å². The quantitative estimate of drug-likeness (QED) is 0.685. The summed E-state index contributed by atoms with van der Waals surface area (Å²) in [7, 11) is 1.69. The molecule has 1 rings (SSSR count). The predicted octanol–water partition coefficient (Wildman–Crippen LogP) is 2.49. The van der Waals surface area contributed by atoms with Crippen LogP contribution in [0.4, 0.5) is 5.82 Å². The molecule has 18 heavy (non-hydrogen) atoms.